The third kappa shape index (κ3) is 3.68. The van der Waals surface area contributed by atoms with Crippen LogP contribution in [0.2, 0.25) is 0 Å². The van der Waals surface area contributed by atoms with Crippen molar-refractivity contribution < 1.29 is 0 Å². The van der Waals surface area contributed by atoms with E-state index in [1.54, 1.807) is 0 Å². The van der Waals surface area contributed by atoms with Gasteiger partial charge in [-0.1, -0.05) is 19.9 Å². The van der Waals surface area contributed by atoms with Gasteiger partial charge in [0.1, 0.15) is 0 Å². The number of hydrogen-bond acceptors (Lipinski definition) is 2. The summed E-state index contributed by atoms with van der Waals surface area (Å²) in [6.07, 6.45) is 3.36. The van der Waals surface area contributed by atoms with Gasteiger partial charge in [0.25, 0.3) is 0 Å². The van der Waals surface area contributed by atoms with Gasteiger partial charge in [-0.05, 0) is 12.8 Å². The number of nitrogens with one attached hydrogen (secondary N) is 1. The van der Waals surface area contributed by atoms with E-state index in [1.165, 1.54) is 12.8 Å². The predicted molar refractivity (Wildman–Crippen MR) is 36.0 cm³/mol. The SMILES string of the molecule is C=C(CCCC)NN. The van der Waals surface area contributed by atoms with Gasteiger partial charge in [0.2, 0.25) is 0 Å². The lowest BCUT2D eigenvalue weighted by molar-refractivity contribution is 0.724. The molecule has 0 atom stereocenters. The molecule has 0 amide bonds. The summed E-state index contributed by atoms with van der Waals surface area (Å²) in [5.41, 5.74) is 3.43. The number of hydrazine groups is 1. The second kappa shape index (κ2) is 4.65. The molecule has 0 aromatic heterocycles. The number of nitrogens with two attached hydrogens (primary N) is 1. The maximum absolute atomic E-state index is 5.06. The van der Waals surface area contributed by atoms with Gasteiger partial charge < -0.3 is 5.43 Å². The summed E-state index contributed by atoms with van der Waals surface area (Å²) in [7, 11) is 0. The molecule has 0 rings (SSSR count). The van der Waals surface area contributed by atoms with E-state index in [0.717, 1.165) is 12.1 Å². The van der Waals surface area contributed by atoms with Crippen LogP contribution in [0.15, 0.2) is 12.3 Å². The fourth-order valence-corrected chi connectivity index (χ4v) is 0.462. The highest BCUT2D eigenvalue weighted by Gasteiger charge is 1.85. The van der Waals surface area contributed by atoms with Crippen LogP contribution in [0.1, 0.15) is 26.2 Å². The Kier molecular flexibility index (Phi) is 4.36. The summed E-state index contributed by atoms with van der Waals surface area (Å²) in [6, 6.07) is 0. The van der Waals surface area contributed by atoms with Crippen LogP contribution in [0.3, 0.4) is 0 Å². The minimum atomic E-state index is 0.923. The topological polar surface area (TPSA) is 38.0 Å². The van der Waals surface area contributed by atoms with Crippen LogP contribution >= 0.6 is 0 Å². The van der Waals surface area contributed by atoms with Gasteiger partial charge in [0.05, 0.1) is 0 Å². The van der Waals surface area contributed by atoms with Gasteiger partial charge in [0, 0.05) is 5.70 Å². The number of hydrogen-bond donors (Lipinski definition) is 2. The van der Waals surface area contributed by atoms with E-state index in [1.807, 2.05) is 0 Å². The highest BCUT2D eigenvalue weighted by Crippen LogP contribution is 1.98. The maximum atomic E-state index is 5.06. The first-order chi connectivity index (χ1) is 3.81. The molecule has 0 saturated carbocycles. The zero-order chi connectivity index (χ0) is 6.41. The minimum Gasteiger partial charge on any atom is -0.329 e. The Hall–Kier alpha value is -0.500. The predicted octanol–water partition coefficient (Wildman–Crippen LogP) is 1.15. The average molecular weight is 114 g/mol. The Morgan fingerprint density at radius 3 is 2.75 bits per heavy atom. The van der Waals surface area contributed by atoms with E-state index < -0.39 is 0 Å². The van der Waals surface area contributed by atoms with E-state index in [9.17, 15) is 0 Å². The van der Waals surface area contributed by atoms with Crippen LogP contribution in [0, 0.1) is 0 Å². The Labute approximate surface area is 50.7 Å². The molecule has 0 aliphatic heterocycles. The molecule has 0 aliphatic carbocycles. The van der Waals surface area contributed by atoms with Crippen molar-refractivity contribution in [2.24, 2.45) is 5.84 Å². The first kappa shape index (κ1) is 7.50. The van der Waals surface area contributed by atoms with E-state index in [0.29, 0.717) is 0 Å². The molecular formula is C6H14N2. The number of unbranched alkanes of at least 4 members (excludes halogenated alkanes) is 1. The van der Waals surface area contributed by atoms with Crippen LogP contribution < -0.4 is 11.3 Å². The molecule has 0 heterocycles. The van der Waals surface area contributed by atoms with Crippen LogP contribution in [0.5, 0.6) is 0 Å². The lowest BCUT2D eigenvalue weighted by Gasteiger charge is -2.00. The normalized spacial score (nSPS) is 8.75. The number of allylic oxidation sites excluding steroid dienone is 1. The Morgan fingerprint density at radius 1 is 1.75 bits per heavy atom. The van der Waals surface area contributed by atoms with E-state index in [4.69, 9.17) is 5.84 Å². The molecular weight excluding hydrogens is 100 g/mol. The molecule has 2 nitrogen and oxygen atoms in total. The molecule has 2 heteroatoms. The quantitative estimate of drug-likeness (QED) is 0.425. The Morgan fingerprint density at radius 2 is 2.38 bits per heavy atom. The molecule has 0 unspecified atom stereocenters. The van der Waals surface area contributed by atoms with Crippen molar-refractivity contribution in [3.8, 4) is 0 Å². The third-order valence-electron chi connectivity index (χ3n) is 1.04. The molecule has 0 fully saturated rings. The largest absolute Gasteiger partial charge is 0.329 e. The van der Waals surface area contributed by atoms with E-state index >= 15 is 0 Å². The highest BCUT2D eigenvalue weighted by molar-refractivity contribution is 4.87. The van der Waals surface area contributed by atoms with Crippen molar-refractivity contribution in [3.05, 3.63) is 12.3 Å². The van der Waals surface area contributed by atoms with Crippen LogP contribution in [-0.2, 0) is 0 Å². The van der Waals surface area contributed by atoms with Crippen molar-refractivity contribution in [2.45, 2.75) is 26.2 Å². The molecule has 0 aliphatic rings. The van der Waals surface area contributed by atoms with Crippen LogP contribution in [-0.4, -0.2) is 0 Å². The summed E-state index contributed by atoms with van der Waals surface area (Å²) in [5.74, 6) is 5.06. The summed E-state index contributed by atoms with van der Waals surface area (Å²) in [4.78, 5) is 0. The Balaban J connectivity index is 2.99. The highest BCUT2D eigenvalue weighted by atomic mass is 15.2. The molecule has 0 saturated heterocycles. The van der Waals surface area contributed by atoms with E-state index in [2.05, 4.69) is 18.9 Å². The minimum absolute atomic E-state index is 0.923. The fourth-order valence-electron chi connectivity index (χ4n) is 0.462. The summed E-state index contributed by atoms with van der Waals surface area (Å²) >= 11 is 0. The molecule has 8 heavy (non-hydrogen) atoms. The second-order valence-electron chi connectivity index (χ2n) is 1.85. The third-order valence-corrected chi connectivity index (χ3v) is 1.04. The lowest BCUT2D eigenvalue weighted by atomic mass is 10.2. The zero-order valence-corrected chi connectivity index (χ0v) is 5.41. The van der Waals surface area contributed by atoms with Crippen molar-refractivity contribution in [3.63, 3.8) is 0 Å². The fraction of sp³-hybridized carbons (Fsp3) is 0.667. The monoisotopic (exact) mass is 114 g/mol. The maximum Gasteiger partial charge on any atom is 0.0187 e. The van der Waals surface area contributed by atoms with E-state index in [-0.39, 0.29) is 0 Å². The summed E-state index contributed by atoms with van der Waals surface area (Å²) < 4.78 is 0. The molecule has 48 valence electrons. The standard InChI is InChI=1S/C6H14N2/c1-3-4-5-6(2)8-7/h8H,2-5,7H2,1H3. The van der Waals surface area contributed by atoms with Crippen LogP contribution in [0.4, 0.5) is 0 Å². The molecule has 0 bridgehead atoms. The average Bonchev–Trinajstić information content (AvgIpc) is 1.83. The van der Waals surface area contributed by atoms with Gasteiger partial charge in [0.15, 0.2) is 0 Å². The van der Waals surface area contributed by atoms with Crippen molar-refractivity contribution >= 4 is 0 Å². The van der Waals surface area contributed by atoms with Crippen molar-refractivity contribution in [1.29, 1.82) is 0 Å². The summed E-state index contributed by atoms with van der Waals surface area (Å²) in [5, 5.41) is 0. The first-order valence-electron chi connectivity index (χ1n) is 2.95. The molecule has 0 aromatic carbocycles. The van der Waals surface area contributed by atoms with Crippen LogP contribution in [0.25, 0.3) is 0 Å². The molecule has 0 radical (unpaired) electrons. The van der Waals surface area contributed by atoms with Gasteiger partial charge >= 0.3 is 0 Å². The van der Waals surface area contributed by atoms with Crippen molar-refractivity contribution in [2.75, 3.05) is 0 Å². The van der Waals surface area contributed by atoms with Gasteiger partial charge in [-0.25, -0.2) is 0 Å². The van der Waals surface area contributed by atoms with Gasteiger partial charge in [-0.3, -0.25) is 5.84 Å². The Bertz CT molecular complexity index is 68.9. The van der Waals surface area contributed by atoms with Crippen molar-refractivity contribution in [1.82, 2.24) is 5.43 Å². The molecule has 0 spiro atoms. The second-order valence-corrected chi connectivity index (χ2v) is 1.85. The number of rotatable bonds is 4. The van der Waals surface area contributed by atoms with Gasteiger partial charge in [-0.15, -0.1) is 0 Å². The first-order valence-corrected chi connectivity index (χ1v) is 2.95. The molecule has 0 aromatic rings. The smallest absolute Gasteiger partial charge is 0.0187 e. The van der Waals surface area contributed by atoms with Gasteiger partial charge in [-0.2, -0.15) is 0 Å². The zero-order valence-electron chi connectivity index (χ0n) is 5.41. The lowest BCUT2D eigenvalue weighted by Crippen LogP contribution is -2.19. The summed E-state index contributed by atoms with van der Waals surface area (Å²) in [6.45, 7) is 5.82. The molecule has 3 N–H and O–H groups in total.